The first kappa shape index (κ1) is 21.3. The van der Waals surface area contributed by atoms with E-state index in [2.05, 4.69) is 0 Å². The number of amides is 1. The number of nitro groups is 1. The summed E-state index contributed by atoms with van der Waals surface area (Å²) >= 11 is 0. The van der Waals surface area contributed by atoms with E-state index in [1.54, 1.807) is 4.90 Å². The average molecular weight is 392 g/mol. The minimum absolute atomic E-state index is 0. The molecule has 0 radical (unpaired) electrons. The maximum atomic E-state index is 12.8. The van der Waals surface area contributed by atoms with Crippen LogP contribution in [0, 0.1) is 10.1 Å². The molecule has 1 aliphatic heterocycles. The summed E-state index contributed by atoms with van der Waals surface area (Å²) in [5.41, 5.74) is 5.53. The number of benzene rings is 1. The van der Waals surface area contributed by atoms with Crippen LogP contribution in [0.2, 0.25) is 0 Å². The Kier molecular flexibility index (Phi) is 6.92. The molecule has 0 aromatic heterocycles. The molecule has 2 unspecified atom stereocenters. The lowest BCUT2D eigenvalue weighted by Gasteiger charge is -2.38. The number of hydrogen-bond acceptors (Lipinski definition) is 6. The first-order chi connectivity index (χ1) is 11.1. The van der Waals surface area contributed by atoms with E-state index in [9.17, 15) is 23.3 Å². The summed E-state index contributed by atoms with van der Waals surface area (Å²) in [6.45, 7) is 2.31. The predicted molar refractivity (Wildman–Crippen MR) is 95.8 cm³/mol. The minimum Gasteiger partial charge on any atom is -0.334 e. The van der Waals surface area contributed by atoms with E-state index in [4.69, 9.17) is 5.73 Å². The number of carbonyl (C=O) groups is 1. The second-order valence-electron chi connectivity index (χ2n) is 6.17. The zero-order chi connectivity index (χ0) is 18.1. The van der Waals surface area contributed by atoms with Crippen molar-refractivity contribution in [3.05, 3.63) is 33.9 Å². The maximum Gasteiger partial charge on any atom is 0.271 e. The molecule has 140 valence electrons. The molecule has 1 fully saturated rings. The molecule has 10 heteroatoms. The minimum atomic E-state index is -3.68. The van der Waals surface area contributed by atoms with E-state index in [-0.39, 0.29) is 34.9 Å². The molecule has 0 saturated carbocycles. The van der Waals surface area contributed by atoms with E-state index in [0.717, 1.165) is 37.7 Å². The van der Waals surface area contributed by atoms with Gasteiger partial charge in [0.15, 0.2) is 9.84 Å². The third kappa shape index (κ3) is 4.90. The summed E-state index contributed by atoms with van der Waals surface area (Å²) in [5.74, 6) is -0.425. The third-order valence-electron chi connectivity index (χ3n) is 4.19. The Hall–Kier alpha value is -1.71. The Labute approximate surface area is 152 Å². The van der Waals surface area contributed by atoms with Crippen LogP contribution in [0.3, 0.4) is 0 Å². The molecule has 0 bridgehead atoms. The molecule has 1 saturated heterocycles. The quantitative estimate of drug-likeness (QED) is 0.616. The van der Waals surface area contributed by atoms with Crippen molar-refractivity contribution in [2.24, 2.45) is 5.73 Å². The van der Waals surface area contributed by atoms with E-state index < -0.39 is 26.4 Å². The largest absolute Gasteiger partial charge is 0.334 e. The van der Waals surface area contributed by atoms with Gasteiger partial charge in [0.2, 0.25) is 0 Å². The van der Waals surface area contributed by atoms with Gasteiger partial charge in [-0.2, -0.15) is 0 Å². The average Bonchev–Trinajstić information content (AvgIpc) is 2.52. The van der Waals surface area contributed by atoms with Crippen LogP contribution in [0.5, 0.6) is 0 Å². The fourth-order valence-electron chi connectivity index (χ4n) is 2.95. The summed E-state index contributed by atoms with van der Waals surface area (Å²) in [5, 5.41) is 11.1. The Morgan fingerprint density at radius 3 is 2.52 bits per heavy atom. The van der Waals surface area contributed by atoms with Crippen molar-refractivity contribution in [3.63, 3.8) is 0 Å². The third-order valence-corrected chi connectivity index (χ3v) is 5.29. The highest BCUT2D eigenvalue weighted by Crippen LogP contribution is 2.25. The molecule has 1 aromatic rings. The normalized spacial score (nSPS) is 19.0. The molecule has 8 nitrogen and oxygen atoms in total. The first-order valence-corrected chi connectivity index (χ1v) is 9.56. The molecule has 1 amide bonds. The maximum absolute atomic E-state index is 12.8. The summed E-state index contributed by atoms with van der Waals surface area (Å²) in [6, 6.07) is 2.88. The Balaban J connectivity index is 0.00000312. The molecule has 2 atom stereocenters. The summed E-state index contributed by atoms with van der Waals surface area (Å²) < 4.78 is 23.5. The van der Waals surface area contributed by atoms with Crippen molar-refractivity contribution >= 4 is 33.8 Å². The van der Waals surface area contributed by atoms with Crippen molar-refractivity contribution in [2.45, 2.75) is 43.2 Å². The number of nitrogens with two attached hydrogens (primary N) is 1. The predicted octanol–water partition coefficient (Wildman–Crippen LogP) is 1.76. The highest BCUT2D eigenvalue weighted by molar-refractivity contribution is 7.90. The number of rotatable bonds is 4. The van der Waals surface area contributed by atoms with Crippen LogP contribution in [-0.2, 0) is 9.84 Å². The van der Waals surface area contributed by atoms with Gasteiger partial charge in [-0.25, -0.2) is 8.42 Å². The molecule has 1 aromatic carbocycles. The first-order valence-electron chi connectivity index (χ1n) is 7.67. The summed E-state index contributed by atoms with van der Waals surface area (Å²) in [7, 11) is -3.68. The number of halogens is 1. The zero-order valence-corrected chi connectivity index (χ0v) is 15.7. The fraction of sp³-hybridized carbons (Fsp3) is 0.533. The Bertz CT molecular complexity index is 766. The zero-order valence-electron chi connectivity index (χ0n) is 14.0. The molecule has 1 heterocycles. The van der Waals surface area contributed by atoms with Gasteiger partial charge in [-0.15, -0.1) is 12.4 Å². The van der Waals surface area contributed by atoms with Gasteiger partial charge in [-0.3, -0.25) is 14.9 Å². The number of piperidine rings is 1. The molecule has 0 spiro atoms. The molecular formula is C15H22ClN3O5S. The van der Waals surface area contributed by atoms with Crippen molar-refractivity contribution in [2.75, 3.05) is 12.8 Å². The SMILES string of the molecule is CC(N)C1CCCCN1C(=O)c1cc([N+](=O)[O-])cc(S(C)(=O)=O)c1.Cl. The van der Waals surface area contributed by atoms with Gasteiger partial charge in [0.05, 0.1) is 9.82 Å². The van der Waals surface area contributed by atoms with Crippen LogP contribution in [0.4, 0.5) is 5.69 Å². The lowest BCUT2D eigenvalue weighted by Crippen LogP contribution is -2.51. The summed E-state index contributed by atoms with van der Waals surface area (Å²) in [4.78, 5) is 24.5. The molecule has 1 aliphatic rings. The molecule has 2 N–H and O–H groups in total. The van der Waals surface area contributed by atoms with Crippen molar-refractivity contribution in [1.82, 2.24) is 4.90 Å². The summed E-state index contributed by atoms with van der Waals surface area (Å²) in [6.07, 6.45) is 3.49. The number of nitrogens with zero attached hydrogens (tertiary/aromatic N) is 2. The molecule has 0 aliphatic carbocycles. The smallest absolute Gasteiger partial charge is 0.271 e. The van der Waals surface area contributed by atoms with Crippen molar-refractivity contribution < 1.29 is 18.1 Å². The Morgan fingerprint density at radius 1 is 1.36 bits per heavy atom. The lowest BCUT2D eigenvalue weighted by atomic mass is 9.96. The van der Waals surface area contributed by atoms with Crippen LogP contribution in [0.1, 0.15) is 36.5 Å². The van der Waals surface area contributed by atoms with Gasteiger partial charge in [0.25, 0.3) is 11.6 Å². The van der Waals surface area contributed by atoms with Crippen molar-refractivity contribution in [1.29, 1.82) is 0 Å². The van der Waals surface area contributed by atoms with E-state index >= 15 is 0 Å². The van der Waals surface area contributed by atoms with Gasteiger partial charge in [-0.05, 0) is 32.3 Å². The number of likely N-dealkylation sites (tertiary alicyclic amines) is 1. The van der Waals surface area contributed by atoms with E-state index in [0.29, 0.717) is 6.54 Å². The van der Waals surface area contributed by atoms with Gasteiger partial charge >= 0.3 is 0 Å². The lowest BCUT2D eigenvalue weighted by molar-refractivity contribution is -0.385. The number of sulfone groups is 1. The number of carbonyl (C=O) groups excluding carboxylic acids is 1. The standard InChI is InChI=1S/C15H21N3O5S.ClH/c1-10(16)14-5-3-4-6-17(14)15(19)11-7-12(18(20)21)9-13(8-11)24(2,22)23;/h7-10,14H,3-6,16H2,1-2H3;1H. The van der Waals surface area contributed by atoms with Gasteiger partial charge in [-0.1, -0.05) is 0 Å². The second kappa shape index (κ2) is 8.11. The van der Waals surface area contributed by atoms with Gasteiger partial charge in [0.1, 0.15) is 0 Å². The fourth-order valence-corrected chi connectivity index (χ4v) is 3.62. The van der Waals surface area contributed by atoms with Crippen LogP contribution >= 0.6 is 12.4 Å². The number of hydrogen-bond donors (Lipinski definition) is 1. The van der Waals surface area contributed by atoms with E-state index in [1.165, 1.54) is 6.07 Å². The van der Waals surface area contributed by atoms with E-state index in [1.807, 2.05) is 6.92 Å². The van der Waals surface area contributed by atoms with Gasteiger partial charge in [0, 0.05) is 42.6 Å². The van der Waals surface area contributed by atoms with Gasteiger partial charge < -0.3 is 10.6 Å². The highest BCUT2D eigenvalue weighted by Gasteiger charge is 2.31. The van der Waals surface area contributed by atoms with Crippen LogP contribution < -0.4 is 5.73 Å². The molecular weight excluding hydrogens is 370 g/mol. The Morgan fingerprint density at radius 2 is 2.00 bits per heavy atom. The molecule has 25 heavy (non-hydrogen) atoms. The number of nitro benzene ring substituents is 1. The van der Waals surface area contributed by atoms with Crippen LogP contribution in [0.25, 0.3) is 0 Å². The highest BCUT2D eigenvalue weighted by atomic mass is 35.5. The van der Waals surface area contributed by atoms with Crippen LogP contribution in [0.15, 0.2) is 23.1 Å². The second-order valence-corrected chi connectivity index (χ2v) is 8.18. The van der Waals surface area contributed by atoms with Crippen LogP contribution in [-0.4, -0.2) is 49.0 Å². The molecule has 2 rings (SSSR count). The topological polar surface area (TPSA) is 124 Å². The number of non-ortho nitro benzene ring substituents is 1. The van der Waals surface area contributed by atoms with Crippen molar-refractivity contribution in [3.8, 4) is 0 Å². The monoisotopic (exact) mass is 391 g/mol.